The van der Waals surface area contributed by atoms with Gasteiger partial charge in [-0.25, -0.2) is 0 Å². The van der Waals surface area contributed by atoms with E-state index in [0.29, 0.717) is 26.1 Å². The predicted molar refractivity (Wildman–Crippen MR) is 361 cm³/mol. The minimum Gasteiger partial charge on any atom is -0.508 e. The Morgan fingerprint density at radius 3 is 1.47 bits per heavy atom. The highest BCUT2D eigenvalue weighted by Crippen LogP contribution is 2.44. The van der Waals surface area contributed by atoms with Gasteiger partial charge in [-0.15, -0.1) is 0 Å². The lowest BCUT2D eigenvalue weighted by Gasteiger charge is -2.47. The number of hydrogen-bond acceptors (Lipinski definition) is 13. The highest BCUT2D eigenvalue weighted by atomic mass is 28.5. The number of phenols is 1. The van der Waals surface area contributed by atoms with Crippen LogP contribution >= 0.6 is 0 Å². The summed E-state index contributed by atoms with van der Waals surface area (Å²) in [6.45, 7) is 32.4. The fourth-order valence-corrected chi connectivity index (χ4v) is 35.5. The second kappa shape index (κ2) is 33.1. The van der Waals surface area contributed by atoms with Gasteiger partial charge < -0.3 is 54.7 Å². The van der Waals surface area contributed by atoms with Crippen molar-refractivity contribution in [3.8, 4) is 23.0 Å². The Hall–Kier alpha value is -3.86. The highest BCUT2D eigenvalue weighted by Gasteiger charge is 2.52. The van der Waals surface area contributed by atoms with E-state index in [1.54, 1.807) is 12.1 Å². The molecule has 0 spiro atoms. The molecule has 1 N–H and O–H groups in total. The summed E-state index contributed by atoms with van der Waals surface area (Å²) in [5, 5.41) is 10.2. The third-order valence-electron chi connectivity index (χ3n) is 17.6. The Morgan fingerprint density at radius 2 is 0.966 bits per heavy atom. The lowest BCUT2D eigenvalue weighted by molar-refractivity contribution is -0.156. The normalized spacial score (nSPS) is 20.9. The van der Waals surface area contributed by atoms with Crippen molar-refractivity contribution in [1.82, 2.24) is 0 Å². The van der Waals surface area contributed by atoms with E-state index in [1.165, 1.54) is 49.7 Å². The van der Waals surface area contributed by atoms with Crippen LogP contribution in [0.5, 0.6) is 23.0 Å². The van der Waals surface area contributed by atoms with E-state index in [4.69, 9.17) is 49.6 Å². The predicted octanol–water partition coefficient (Wildman–Crippen LogP) is 19.0. The van der Waals surface area contributed by atoms with Crippen LogP contribution < -0.4 is 14.2 Å². The number of phenolic OH excluding ortho intramolecular Hbond substituents is 1. The summed E-state index contributed by atoms with van der Waals surface area (Å²) < 4.78 is 71.1. The third-order valence-corrected chi connectivity index (χ3v) is 34.1. The molecule has 7 rings (SSSR count). The minimum atomic E-state index is -2.62. The zero-order chi connectivity index (χ0) is 63.7. The topological polar surface area (TPSA) is 139 Å². The van der Waals surface area contributed by atoms with Gasteiger partial charge in [0.15, 0.2) is 18.9 Å². The van der Waals surface area contributed by atoms with Gasteiger partial charge in [0.2, 0.25) is 0 Å². The largest absolute Gasteiger partial charge is 0.508 e. The van der Waals surface area contributed by atoms with E-state index in [9.17, 15) is 9.90 Å². The first-order valence-electron chi connectivity index (χ1n) is 33.6. The van der Waals surface area contributed by atoms with Gasteiger partial charge in [0, 0.05) is 0 Å². The Labute approximate surface area is 534 Å². The molecule has 8 unspecified atom stereocenters. The van der Waals surface area contributed by atoms with E-state index in [0.717, 1.165) is 98.1 Å². The molecular formula is C71H112O13Si4. The third kappa shape index (κ3) is 24.3. The van der Waals surface area contributed by atoms with Crippen LogP contribution in [0.15, 0.2) is 97.1 Å². The van der Waals surface area contributed by atoms with Crippen LogP contribution in [0, 0.1) is 11.8 Å². The van der Waals surface area contributed by atoms with Crippen molar-refractivity contribution in [1.29, 1.82) is 0 Å². The first kappa shape index (κ1) is 71.6. The van der Waals surface area contributed by atoms with Gasteiger partial charge in [-0.05, 0) is 264 Å². The summed E-state index contributed by atoms with van der Waals surface area (Å²) in [6.07, 6.45) is 16.0. The maximum absolute atomic E-state index is 14.9. The summed E-state index contributed by atoms with van der Waals surface area (Å²) in [7, 11) is -9.93. The number of benzene rings is 4. The molecule has 0 amide bonds. The number of hydrogen-bond donors (Lipinski definition) is 1. The number of carbonyl (C=O) groups excluding carboxylic acids is 1. The van der Waals surface area contributed by atoms with Gasteiger partial charge in [0.1, 0.15) is 29.1 Å². The van der Waals surface area contributed by atoms with Crippen molar-refractivity contribution in [2.24, 2.45) is 11.8 Å². The zero-order valence-electron chi connectivity index (χ0n) is 56.5. The fourth-order valence-electron chi connectivity index (χ4n) is 14.0. The molecule has 17 heteroatoms. The molecular weight excluding hydrogens is 1170 g/mol. The van der Waals surface area contributed by atoms with Crippen LogP contribution in [0.1, 0.15) is 210 Å². The second-order valence-corrected chi connectivity index (χ2v) is 42.6. The molecule has 8 atom stereocenters. The number of rotatable bonds is 31. The number of ether oxygens (including phenoxy) is 7. The fraction of sp³-hybridized carbons (Fsp3) is 0.648. The van der Waals surface area contributed by atoms with Crippen LogP contribution in [0.3, 0.4) is 0 Å². The smallest absolute Gasteiger partial charge is 0.317 e. The van der Waals surface area contributed by atoms with Crippen molar-refractivity contribution in [2.75, 3.05) is 13.2 Å². The van der Waals surface area contributed by atoms with Crippen LogP contribution in [0.4, 0.5) is 0 Å². The van der Waals surface area contributed by atoms with E-state index in [-0.39, 0.29) is 59.3 Å². The van der Waals surface area contributed by atoms with Crippen LogP contribution in [-0.4, -0.2) is 89.1 Å². The van der Waals surface area contributed by atoms with Crippen molar-refractivity contribution in [3.05, 3.63) is 119 Å². The lowest BCUT2D eigenvalue weighted by Crippen LogP contribution is -2.65. The Morgan fingerprint density at radius 1 is 0.534 bits per heavy atom. The van der Waals surface area contributed by atoms with E-state index >= 15 is 0 Å². The lowest BCUT2D eigenvalue weighted by atomic mass is 9.74. The highest BCUT2D eigenvalue weighted by molar-refractivity contribution is 6.93. The molecule has 0 bridgehead atoms. The molecule has 0 radical (unpaired) electrons. The van der Waals surface area contributed by atoms with Crippen molar-refractivity contribution < 1.29 is 59.5 Å². The molecule has 88 heavy (non-hydrogen) atoms. The quantitative estimate of drug-likeness (QED) is 0.0222. The summed E-state index contributed by atoms with van der Waals surface area (Å²) in [5.41, 5.74) is 4.31. The monoisotopic (exact) mass is 1280 g/mol. The Balaban J connectivity index is 1.13. The van der Waals surface area contributed by atoms with Crippen LogP contribution in [0.2, 0.25) is 51.9 Å². The van der Waals surface area contributed by atoms with Gasteiger partial charge in [-0.2, -0.15) is 0 Å². The van der Waals surface area contributed by atoms with Crippen molar-refractivity contribution >= 4 is 40.2 Å². The summed E-state index contributed by atoms with van der Waals surface area (Å²) in [4.78, 5) is 14.9. The average molecular weight is 1290 g/mol. The first-order chi connectivity index (χ1) is 41.6. The molecule has 3 aliphatic rings. The van der Waals surface area contributed by atoms with Gasteiger partial charge in [-0.3, -0.25) is 4.79 Å². The standard InChI is InChI=1S/C71H112O13Si4/c1-16-57(59-30-38-67(39-31-59)76-53(3)74-45-23-47-88(15)83-86(11,12)81-85(9,10)82-87(13,14)84-88)49-62(60-32-40-68(41-33-60)77-54(4)75-46-44-56-24-19-17-20-25-56)50-63(61-34-42-69(43-35-61)78-55(5)80-71(6,7)8)51-64(70(73)79-66-26-21-18-22-27-66)48-52(2)58-28-36-65(72)37-29-58/h28-43,52-57,62-64,66,72H,16-27,44-51H2,1-15H3. The molecule has 4 aromatic carbocycles. The molecule has 2 aliphatic carbocycles. The van der Waals surface area contributed by atoms with Gasteiger partial charge in [-0.1, -0.05) is 101 Å². The second-order valence-electron chi connectivity index (χ2n) is 28.2. The molecule has 3 fully saturated rings. The van der Waals surface area contributed by atoms with Crippen molar-refractivity contribution in [3.63, 3.8) is 0 Å². The summed E-state index contributed by atoms with van der Waals surface area (Å²) in [6, 6.07) is 33.9. The summed E-state index contributed by atoms with van der Waals surface area (Å²) in [5.74, 6) is 3.01. The maximum atomic E-state index is 14.9. The van der Waals surface area contributed by atoms with Gasteiger partial charge >= 0.3 is 40.2 Å². The molecule has 13 nitrogen and oxygen atoms in total. The van der Waals surface area contributed by atoms with E-state index in [1.807, 2.05) is 65.8 Å². The molecule has 1 saturated heterocycles. The maximum Gasteiger partial charge on any atom is 0.317 e. The number of aromatic hydroxyl groups is 1. The summed E-state index contributed by atoms with van der Waals surface area (Å²) >= 11 is 0. The van der Waals surface area contributed by atoms with Crippen LogP contribution in [0.25, 0.3) is 0 Å². The Bertz CT molecular complexity index is 2650. The van der Waals surface area contributed by atoms with Gasteiger partial charge in [0.25, 0.3) is 0 Å². The number of carbonyl (C=O) groups is 1. The molecule has 1 heterocycles. The number of esters is 1. The molecule has 4 aromatic rings. The van der Waals surface area contributed by atoms with E-state index < -0.39 is 46.8 Å². The van der Waals surface area contributed by atoms with Crippen molar-refractivity contribution in [2.45, 2.75) is 271 Å². The molecule has 1 aliphatic heterocycles. The minimum absolute atomic E-state index is 0.0391. The van der Waals surface area contributed by atoms with E-state index in [2.05, 4.69) is 120 Å². The SMILES string of the molecule is CCC(CC(CC(CC(CC(C)c1ccc(O)cc1)C(=O)OC1CCCCC1)c1ccc(OC(C)OC(C)(C)C)cc1)c1ccc(OC(C)OCCC2CCCCC2)cc1)c1ccc(OC(C)OCCC[Si]2(C)O[Si](C)(C)O[Si](C)(C)O[Si](C)(C)O2)cc1. The zero-order valence-corrected chi connectivity index (χ0v) is 60.5. The molecule has 490 valence electrons. The van der Waals surface area contributed by atoms with Crippen LogP contribution in [-0.2, 0) is 40.2 Å². The molecule has 2 saturated carbocycles. The van der Waals surface area contributed by atoms with Gasteiger partial charge in [0.05, 0.1) is 24.7 Å². The average Bonchev–Trinajstić information content (AvgIpc) is 1.23. The Kier molecular flexibility index (Phi) is 26.9. The molecule has 0 aromatic heterocycles. The first-order valence-corrected chi connectivity index (χ1v) is 44.6.